The van der Waals surface area contributed by atoms with Crippen molar-refractivity contribution in [3.8, 4) is 22.1 Å². The predicted molar refractivity (Wildman–Crippen MR) is 121 cm³/mol. The molecule has 0 aliphatic carbocycles. The lowest BCUT2D eigenvalue weighted by Crippen LogP contribution is -2.41. The Morgan fingerprint density at radius 1 is 1.27 bits per heavy atom. The highest BCUT2D eigenvalue weighted by Gasteiger charge is 2.36. The van der Waals surface area contributed by atoms with Crippen LogP contribution in [-0.2, 0) is 4.43 Å². The van der Waals surface area contributed by atoms with Crippen LogP contribution in [0.1, 0.15) is 36.0 Å². The van der Waals surface area contributed by atoms with E-state index in [0.717, 1.165) is 11.3 Å². The van der Waals surface area contributed by atoms with Crippen molar-refractivity contribution in [3.63, 3.8) is 0 Å². The number of carboxylic acid groups (broad SMARTS) is 1. The third kappa shape index (κ3) is 4.23. The SMILES string of the molecule is Cc1c(-c2cnc3ccc(OCCO[Si](C)(C)C(C)(C)C)cn23)sc(C(=O)O)c1O. The second-order valence-corrected chi connectivity index (χ2v) is 14.6. The molecule has 0 radical (unpaired) electrons. The number of ether oxygens (including phenoxy) is 1. The lowest BCUT2D eigenvalue weighted by atomic mass is 10.2. The Bertz CT molecular complexity index is 1080. The average Bonchev–Trinajstić information content (AvgIpc) is 3.19. The lowest BCUT2D eigenvalue weighted by molar-refractivity contribution is 0.0699. The number of rotatable bonds is 7. The first-order chi connectivity index (χ1) is 13.9. The molecule has 3 heterocycles. The summed E-state index contributed by atoms with van der Waals surface area (Å²) in [5.41, 5.74) is 1.94. The van der Waals surface area contributed by atoms with Gasteiger partial charge in [-0.25, -0.2) is 9.78 Å². The zero-order chi connectivity index (χ0) is 22.3. The van der Waals surface area contributed by atoms with Gasteiger partial charge in [0.25, 0.3) is 0 Å². The van der Waals surface area contributed by atoms with Crippen LogP contribution in [0.5, 0.6) is 11.5 Å². The number of aromatic carboxylic acids is 1. The number of hydrogen-bond donors (Lipinski definition) is 2. The van der Waals surface area contributed by atoms with Crippen molar-refractivity contribution in [2.24, 2.45) is 0 Å². The number of thiophene rings is 1. The monoisotopic (exact) mass is 448 g/mol. The van der Waals surface area contributed by atoms with Gasteiger partial charge < -0.3 is 19.4 Å². The van der Waals surface area contributed by atoms with Crippen molar-refractivity contribution >= 4 is 31.3 Å². The van der Waals surface area contributed by atoms with E-state index < -0.39 is 14.3 Å². The Hall–Kier alpha value is -2.36. The summed E-state index contributed by atoms with van der Waals surface area (Å²) < 4.78 is 13.9. The number of aromatic nitrogens is 2. The molecule has 0 aromatic carbocycles. The average molecular weight is 449 g/mol. The molecule has 0 aliphatic heterocycles. The molecule has 0 aliphatic rings. The van der Waals surface area contributed by atoms with Gasteiger partial charge >= 0.3 is 5.97 Å². The molecule has 0 atom stereocenters. The van der Waals surface area contributed by atoms with Crippen LogP contribution in [0.15, 0.2) is 24.5 Å². The summed E-state index contributed by atoms with van der Waals surface area (Å²) in [7, 11) is -1.81. The van der Waals surface area contributed by atoms with Crippen LogP contribution in [0.25, 0.3) is 16.2 Å². The maximum atomic E-state index is 11.4. The van der Waals surface area contributed by atoms with Crippen molar-refractivity contribution < 1.29 is 24.2 Å². The van der Waals surface area contributed by atoms with Gasteiger partial charge in [-0.1, -0.05) is 20.8 Å². The first-order valence-electron chi connectivity index (χ1n) is 9.72. The number of carboxylic acids is 1. The van der Waals surface area contributed by atoms with Gasteiger partial charge in [0, 0.05) is 5.56 Å². The minimum Gasteiger partial charge on any atom is -0.506 e. The van der Waals surface area contributed by atoms with Gasteiger partial charge in [0.15, 0.2) is 13.2 Å². The number of pyridine rings is 1. The molecule has 0 amide bonds. The summed E-state index contributed by atoms with van der Waals surface area (Å²) >= 11 is 1.03. The molecule has 0 unspecified atom stereocenters. The first-order valence-corrected chi connectivity index (χ1v) is 13.4. The fourth-order valence-electron chi connectivity index (χ4n) is 2.78. The molecule has 7 nitrogen and oxygen atoms in total. The van der Waals surface area contributed by atoms with Gasteiger partial charge in [0.2, 0.25) is 0 Å². The van der Waals surface area contributed by atoms with Crippen LogP contribution in [0.3, 0.4) is 0 Å². The molecule has 30 heavy (non-hydrogen) atoms. The first kappa shape index (κ1) is 22.3. The zero-order valence-corrected chi connectivity index (χ0v) is 20.0. The highest BCUT2D eigenvalue weighted by atomic mass is 32.1. The van der Waals surface area contributed by atoms with E-state index in [-0.39, 0.29) is 15.7 Å². The van der Waals surface area contributed by atoms with E-state index in [4.69, 9.17) is 9.16 Å². The van der Waals surface area contributed by atoms with Crippen molar-refractivity contribution in [1.29, 1.82) is 0 Å². The number of hydrogen-bond acceptors (Lipinski definition) is 6. The molecule has 0 bridgehead atoms. The Morgan fingerprint density at radius 2 is 1.97 bits per heavy atom. The Morgan fingerprint density at radius 3 is 2.57 bits per heavy atom. The summed E-state index contributed by atoms with van der Waals surface area (Å²) in [5, 5.41) is 19.6. The molecule has 0 saturated carbocycles. The maximum Gasteiger partial charge on any atom is 0.349 e. The molecule has 3 aromatic rings. The fourth-order valence-corrected chi connectivity index (χ4v) is 4.85. The topological polar surface area (TPSA) is 93.3 Å². The van der Waals surface area contributed by atoms with Crippen LogP contribution < -0.4 is 4.74 Å². The highest BCUT2D eigenvalue weighted by molar-refractivity contribution is 7.17. The van der Waals surface area contributed by atoms with Crippen LogP contribution in [0, 0.1) is 6.92 Å². The van der Waals surface area contributed by atoms with E-state index in [1.807, 2.05) is 22.7 Å². The zero-order valence-electron chi connectivity index (χ0n) is 18.1. The molecular weight excluding hydrogens is 420 g/mol. The third-order valence-electron chi connectivity index (χ3n) is 5.64. The predicted octanol–water partition coefficient (Wildman–Crippen LogP) is 5.18. The number of fused-ring (bicyclic) bond motifs is 1. The number of imidazole rings is 1. The molecule has 0 spiro atoms. The van der Waals surface area contributed by atoms with Crippen molar-refractivity contribution in [2.45, 2.75) is 45.8 Å². The van der Waals surface area contributed by atoms with Crippen molar-refractivity contribution in [3.05, 3.63) is 35.0 Å². The summed E-state index contributed by atoms with van der Waals surface area (Å²) in [4.78, 5) is 16.3. The molecule has 3 rings (SSSR count). The van der Waals surface area contributed by atoms with Gasteiger partial charge in [0.1, 0.15) is 23.8 Å². The Kier molecular flexibility index (Phi) is 5.99. The molecule has 0 saturated heterocycles. The number of nitrogens with zero attached hydrogens (tertiary/aromatic N) is 2. The van der Waals surface area contributed by atoms with E-state index in [2.05, 4.69) is 38.8 Å². The smallest absolute Gasteiger partial charge is 0.349 e. The maximum absolute atomic E-state index is 11.4. The van der Waals surface area contributed by atoms with E-state index in [1.165, 1.54) is 0 Å². The molecule has 2 N–H and O–H groups in total. The van der Waals surface area contributed by atoms with E-state index >= 15 is 0 Å². The molecule has 162 valence electrons. The number of aromatic hydroxyl groups is 1. The molecule has 0 fully saturated rings. The second kappa shape index (κ2) is 8.05. The molecule has 9 heteroatoms. The Labute approximate surface area is 181 Å². The van der Waals surface area contributed by atoms with Crippen LogP contribution in [-0.4, -0.2) is 47.1 Å². The largest absolute Gasteiger partial charge is 0.506 e. The lowest BCUT2D eigenvalue weighted by Gasteiger charge is -2.36. The normalized spacial score (nSPS) is 12.5. The van der Waals surface area contributed by atoms with Gasteiger partial charge in [-0.2, -0.15) is 0 Å². The van der Waals surface area contributed by atoms with Gasteiger partial charge in [-0.05, 0) is 37.2 Å². The standard InChI is InChI=1S/C21H28N2O5SSi/c1-13-17(24)19(20(25)26)29-18(13)15-11-22-16-8-7-14(12-23(15)16)27-9-10-28-30(5,6)21(2,3)4/h7-8,11-12,24H,9-10H2,1-6H3,(H,25,26). The van der Waals surface area contributed by atoms with Crippen LogP contribution in [0.2, 0.25) is 18.1 Å². The van der Waals surface area contributed by atoms with E-state index in [0.29, 0.717) is 40.7 Å². The summed E-state index contributed by atoms with van der Waals surface area (Å²) in [6, 6.07) is 3.69. The summed E-state index contributed by atoms with van der Waals surface area (Å²) in [5.74, 6) is -0.684. The highest BCUT2D eigenvalue weighted by Crippen LogP contribution is 2.41. The van der Waals surface area contributed by atoms with E-state index in [1.54, 1.807) is 13.1 Å². The summed E-state index contributed by atoms with van der Waals surface area (Å²) in [6.45, 7) is 13.7. The van der Waals surface area contributed by atoms with Crippen LogP contribution >= 0.6 is 11.3 Å². The fraction of sp³-hybridized carbons (Fsp3) is 0.429. The van der Waals surface area contributed by atoms with Crippen molar-refractivity contribution in [1.82, 2.24) is 9.38 Å². The second-order valence-electron chi connectivity index (χ2n) is 8.73. The van der Waals surface area contributed by atoms with Gasteiger partial charge in [-0.3, -0.25) is 4.40 Å². The van der Waals surface area contributed by atoms with Crippen LogP contribution in [0.4, 0.5) is 0 Å². The number of carbonyl (C=O) groups is 1. The third-order valence-corrected chi connectivity index (χ3v) is 11.5. The molecular formula is C21H28N2O5SSi. The molecule has 3 aromatic heterocycles. The van der Waals surface area contributed by atoms with Gasteiger partial charge in [-0.15, -0.1) is 11.3 Å². The summed E-state index contributed by atoms with van der Waals surface area (Å²) in [6.07, 6.45) is 3.49. The minimum absolute atomic E-state index is 0.0763. The quantitative estimate of drug-likeness (QED) is 0.382. The minimum atomic E-state index is -1.81. The Balaban J connectivity index is 1.79. The van der Waals surface area contributed by atoms with Gasteiger partial charge in [0.05, 0.1) is 29.6 Å². The van der Waals surface area contributed by atoms with Crippen molar-refractivity contribution in [2.75, 3.05) is 13.2 Å². The van der Waals surface area contributed by atoms with E-state index in [9.17, 15) is 15.0 Å².